The molecule has 0 aliphatic carbocycles. The third-order valence-corrected chi connectivity index (χ3v) is 6.24. The fourth-order valence-electron chi connectivity index (χ4n) is 4.36. The minimum absolute atomic E-state index is 0.0455. The monoisotopic (exact) mass is 488 g/mol. The van der Waals surface area contributed by atoms with Gasteiger partial charge in [-0.1, -0.05) is 26.0 Å². The fourth-order valence-corrected chi connectivity index (χ4v) is 4.36. The molecule has 0 bridgehead atoms. The Bertz CT molecular complexity index is 1080. The lowest BCUT2D eigenvalue weighted by Gasteiger charge is -2.26. The van der Waals surface area contributed by atoms with Gasteiger partial charge in [0.2, 0.25) is 11.8 Å². The van der Waals surface area contributed by atoms with Crippen LogP contribution in [0.15, 0.2) is 24.3 Å². The largest absolute Gasteiger partial charge is 0.389 e. The molecule has 9 nitrogen and oxygen atoms in total. The summed E-state index contributed by atoms with van der Waals surface area (Å²) < 4.78 is 14.0. The fraction of sp³-hybridized carbons (Fsp3) is 0.520. The van der Waals surface area contributed by atoms with E-state index < -0.39 is 42.1 Å². The van der Waals surface area contributed by atoms with E-state index in [2.05, 4.69) is 20.9 Å². The van der Waals surface area contributed by atoms with E-state index in [1.54, 1.807) is 6.07 Å². The minimum atomic E-state index is -0.976. The molecular formula is C25H33FN4O5. The lowest BCUT2D eigenvalue weighted by Crippen LogP contribution is -2.52. The second-order valence-corrected chi connectivity index (χ2v) is 9.44. The highest BCUT2D eigenvalue weighted by Gasteiger charge is 2.30. The van der Waals surface area contributed by atoms with Gasteiger partial charge in [0.05, 0.1) is 11.6 Å². The second kappa shape index (κ2) is 11.9. The summed E-state index contributed by atoms with van der Waals surface area (Å²) in [5.74, 6) is -2.46. The third-order valence-electron chi connectivity index (χ3n) is 6.24. The third kappa shape index (κ3) is 6.88. The van der Waals surface area contributed by atoms with Gasteiger partial charge in [0.25, 0.3) is 5.91 Å². The highest BCUT2D eigenvalue weighted by atomic mass is 19.1. The number of nitrogens with one attached hydrogen (secondary N) is 4. The van der Waals surface area contributed by atoms with Gasteiger partial charge in [-0.05, 0) is 50.2 Å². The van der Waals surface area contributed by atoms with Crippen molar-refractivity contribution in [2.75, 3.05) is 13.2 Å². The Labute approximate surface area is 203 Å². The summed E-state index contributed by atoms with van der Waals surface area (Å²) >= 11 is 0. The highest BCUT2D eigenvalue weighted by Crippen LogP contribution is 2.20. The van der Waals surface area contributed by atoms with Crippen molar-refractivity contribution in [3.63, 3.8) is 0 Å². The molecule has 1 fully saturated rings. The van der Waals surface area contributed by atoms with Gasteiger partial charge in [-0.2, -0.15) is 0 Å². The van der Waals surface area contributed by atoms with E-state index in [9.17, 15) is 28.7 Å². The number of carbonyl (C=O) groups is 4. The average molecular weight is 489 g/mol. The quantitative estimate of drug-likeness (QED) is 0.328. The van der Waals surface area contributed by atoms with Crippen LogP contribution in [-0.2, 0) is 14.4 Å². The van der Waals surface area contributed by atoms with Gasteiger partial charge in [0, 0.05) is 17.8 Å². The van der Waals surface area contributed by atoms with Gasteiger partial charge >= 0.3 is 0 Å². The Balaban J connectivity index is 1.70. The number of benzene rings is 1. The Morgan fingerprint density at radius 1 is 1.20 bits per heavy atom. The summed E-state index contributed by atoms with van der Waals surface area (Å²) in [5, 5.41) is 18.0. The van der Waals surface area contributed by atoms with Gasteiger partial charge in [0.1, 0.15) is 24.2 Å². The predicted molar refractivity (Wildman–Crippen MR) is 128 cm³/mol. The van der Waals surface area contributed by atoms with E-state index in [-0.39, 0.29) is 35.4 Å². The van der Waals surface area contributed by atoms with E-state index in [4.69, 9.17) is 0 Å². The molecule has 3 amide bonds. The smallest absolute Gasteiger partial charge is 0.268 e. The Hall–Kier alpha value is -3.27. The van der Waals surface area contributed by atoms with Crippen LogP contribution in [0.4, 0.5) is 4.39 Å². The zero-order valence-electron chi connectivity index (χ0n) is 20.0. The molecule has 0 radical (unpaired) electrons. The normalized spacial score (nSPS) is 17.6. The molecular weight excluding hydrogens is 455 g/mol. The van der Waals surface area contributed by atoms with E-state index in [0.717, 1.165) is 6.42 Å². The predicted octanol–water partition coefficient (Wildman–Crippen LogP) is 1.80. The first-order chi connectivity index (χ1) is 16.7. The maximum atomic E-state index is 14.0. The molecule has 3 atom stereocenters. The van der Waals surface area contributed by atoms with Crippen molar-refractivity contribution < 1.29 is 28.7 Å². The first-order valence-corrected chi connectivity index (χ1v) is 12.0. The number of aromatic amines is 1. The number of aliphatic hydroxyl groups is 1. The van der Waals surface area contributed by atoms with E-state index in [1.165, 1.54) is 18.2 Å². The molecule has 1 aliphatic heterocycles. The Morgan fingerprint density at radius 3 is 2.63 bits per heavy atom. The summed E-state index contributed by atoms with van der Waals surface area (Å²) in [7, 11) is 0. The number of aliphatic hydroxyl groups excluding tert-OH is 1. The number of Topliss-reactive ketones (excluding diaryl/α,β-unsaturated/α-hetero) is 1. The molecule has 35 heavy (non-hydrogen) atoms. The number of halogens is 1. The number of hydrogen-bond acceptors (Lipinski definition) is 5. The summed E-state index contributed by atoms with van der Waals surface area (Å²) in [6.45, 7) is 3.67. The molecule has 2 aromatic rings. The van der Waals surface area contributed by atoms with Crippen LogP contribution in [0.1, 0.15) is 56.4 Å². The standard InChI is InChI=1S/C25H33FN4O5/c1-14(2)11-19(30-25(35)20-12-16-5-3-7-17(26)22(16)28-20)24(34)29-18(21(32)13-31)9-8-15-6-4-10-27-23(15)33/h3,5,7,12,14-15,18-19,28,31H,4,6,8-11,13H2,1-2H3,(H,27,33)(H,29,34)(H,30,35)/t15-,18-,19-/m0/s1. The molecule has 5 N–H and O–H groups in total. The van der Waals surface area contributed by atoms with Crippen molar-refractivity contribution in [2.24, 2.45) is 11.8 Å². The zero-order valence-corrected chi connectivity index (χ0v) is 20.0. The van der Waals surface area contributed by atoms with Crippen molar-refractivity contribution in [2.45, 2.75) is 58.0 Å². The number of hydrogen-bond donors (Lipinski definition) is 5. The highest BCUT2D eigenvalue weighted by molar-refractivity contribution is 6.00. The van der Waals surface area contributed by atoms with Gasteiger partial charge in [-0.25, -0.2) is 4.39 Å². The molecule has 10 heteroatoms. The Kier molecular flexibility index (Phi) is 8.97. The number of aromatic nitrogens is 1. The van der Waals surface area contributed by atoms with Crippen molar-refractivity contribution in [1.82, 2.24) is 20.9 Å². The number of ketones is 1. The lowest BCUT2D eigenvalue weighted by molar-refractivity contribution is -0.131. The zero-order chi connectivity index (χ0) is 25.5. The number of fused-ring (bicyclic) bond motifs is 1. The van der Waals surface area contributed by atoms with Gasteiger partial charge in [-0.15, -0.1) is 0 Å². The lowest BCUT2D eigenvalue weighted by atomic mass is 9.91. The molecule has 2 heterocycles. The molecule has 1 aromatic carbocycles. The molecule has 190 valence electrons. The van der Waals surface area contributed by atoms with Gasteiger partial charge < -0.3 is 26.0 Å². The van der Waals surface area contributed by atoms with Crippen molar-refractivity contribution >= 4 is 34.4 Å². The molecule has 0 saturated carbocycles. The summed E-state index contributed by atoms with van der Waals surface area (Å²) in [6.07, 6.45) is 2.45. The summed E-state index contributed by atoms with van der Waals surface area (Å²) in [4.78, 5) is 53.1. The average Bonchev–Trinajstić information content (AvgIpc) is 3.27. The first-order valence-electron chi connectivity index (χ1n) is 12.0. The molecule has 0 spiro atoms. The summed E-state index contributed by atoms with van der Waals surface area (Å²) in [6, 6.07) is 4.07. The molecule has 1 aliphatic rings. The van der Waals surface area contributed by atoms with Crippen LogP contribution in [0.25, 0.3) is 10.9 Å². The second-order valence-electron chi connectivity index (χ2n) is 9.44. The van der Waals surface area contributed by atoms with Crippen LogP contribution in [0.3, 0.4) is 0 Å². The minimum Gasteiger partial charge on any atom is -0.389 e. The van der Waals surface area contributed by atoms with Crippen LogP contribution in [0.5, 0.6) is 0 Å². The van der Waals surface area contributed by atoms with Gasteiger partial charge in [0.15, 0.2) is 5.78 Å². The SMILES string of the molecule is CC(C)C[C@H](NC(=O)c1cc2cccc(F)c2[nH]1)C(=O)N[C@@H](CC[C@@H]1CCCNC1=O)C(=O)CO. The molecule has 3 rings (SSSR count). The maximum Gasteiger partial charge on any atom is 0.268 e. The van der Waals surface area contributed by atoms with Crippen LogP contribution in [0.2, 0.25) is 0 Å². The van der Waals surface area contributed by atoms with E-state index >= 15 is 0 Å². The van der Waals surface area contributed by atoms with E-state index in [1.807, 2.05) is 13.8 Å². The topological polar surface area (TPSA) is 140 Å². The number of para-hydroxylation sites is 1. The van der Waals surface area contributed by atoms with Gasteiger partial charge in [-0.3, -0.25) is 19.2 Å². The number of amides is 3. The number of H-pyrrole nitrogens is 1. The van der Waals surface area contributed by atoms with E-state index in [0.29, 0.717) is 31.2 Å². The first kappa shape index (κ1) is 26.3. The molecule has 1 saturated heterocycles. The number of carbonyl (C=O) groups excluding carboxylic acids is 4. The Morgan fingerprint density at radius 2 is 1.97 bits per heavy atom. The molecule has 1 aromatic heterocycles. The van der Waals surface area contributed by atoms with Crippen molar-refractivity contribution in [3.05, 3.63) is 35.8 Å². The van der Waals surface area contributed by atoms with Crippen molar-refractivity contribution in [3.8, 4) is 0 Å². The summed E-state index contributed by atoms with van der Waals surface area (Å²) in [5.41, 5.74) is 0.306. The number of rotatable bonds is 11. The van der Waals surface area contributed by atoms with Crippen LogP contribution < -0.4 is 16.0 Å². The maximum absolute atomic E-state index is 14.0. The van der Waals surface area contributed by atoms with Crippen LogP contribution >= 0.6 is 0 Å². The van der Waals surface area contributed by atoms with Crippen LogP contribution in [-0.4, -0.2) is 58.8 Å². The van der Waals surface area contributed by atoms with Crippen molar-refractivity contribution in [1.29, 1.82) is 0 Å². The van der Waals surface area contributed by atoms with Crippen LogP contribution in [0, 0.1) is 17.7 Å². The number of piperidine rings is 1. The molecule has 0 unspecified atom stereocenters.